The first-order valence-electron chi connectivity index (χ1n) is 9.31. The summed E-state index contributed by atoms with van der Waals surface area (Å²) in [5.74, 6) is 0.916. The number of fused-ring (bicyclic) bond motifs is 1. The van der Waals surface area contributed by atoms with E-state index in [4.69, 9.17) is 9.47 Å². The standard InChI is InChI=1S/C19H24FN3O3/c20-14-3-4-16-17(10-14)22-19(21-16)13-5-7-23(8-6-13)18(24)12-25-11-15-2-1-9-26-15/h3-4,10,13,15H,1-2,5-9,11-12H2,(H,21,22)/t15-/m0/s1. The lowest BCUT2D eigenvalue weighted by molar-refractivity contribution is -0.138. The summed E-state index contributed by atoms with van der Waals surface area (Å²) in [5.41, 5.74) is 1.50. The van der Waals surface area contributed by atoms with Crippen molar-refractivity contribution in [2.24, 2.45) is 0 Å². The minimum Gasteiger partial charge on any atom is -0.376 e. The fraction of sp³-hybridized carbons (Fsp3) is 0.579. The van der Waals surface area contributed by atoms with E-state index in [2.05, 4.69) is 9.97 Å². The molecular formula is C19H24FN3O3. The summed E-state index contributed by atoms with van der Waals surface area (Å²) < 4.78 is 24.3. The zero-order valence-electron chi connectivity index (χ0n) is 14.7. The van der Waals surface area contributed by atoms with E-state index in [1.807, 2.05) is 4.90 Å². The van der Waals surface area contributed by atoms with Crippen LogP contribution in [0.1, 0.15) is 37.4 Å². The monoisotopic (exact) mass is 361 g/mol. The molecule has 2 aliphatic rings. The number of carbonyl (C=O) groups excluding carboxylic acids is 1. The third-order valence-corrected chi connectivity index (χ3v) is 5.25. The van der Waals surface area contributed by atoms with Crippen LogP contribution in [0.15, 0.2) is 18.2 Å². The minimum absolute atomic E-state index is 0.0353. The fourth-order valence-corrected chi connectivity index (χ4v) is 3.74. The molecule has 3 heterocycles. The van der Waals surface area contributed by atoms with Crippen LogP contribution in [-0.2, 0) is 14.3 Å². The van der Waals surface area contributed by atoms with Crippen LogP contribution in [0.2, 0.25) is 0 Å². The van der Waals surface area contributed by atoms with Crippen LogP contribution in [0.4, 0.5) is 4.39 Å². The van der Waals surface area contributed by atoms with Gasteiger partial charge in [0.25, 0.3) is 0 Å². The Morgan fingerprint density at radius 3 is 2.96 bits per heavy atom. The van der Waals surface area contributed by atoms with Gasteiger partial charge in [0.1, 0.15) is 18.2 Å². The van der Waals surface area contributed by atoms with E-state index < -0.39 is 0 Å². The van der Waals surface area contributed by atoms with Gasteiger partial charge in [-0.1, -0.05) is 0 Å². The van der Waals surface area contributed by atoms with Crippen molar-refractivity contribution in [3.8, 4) is 0 Å². The van der Waals surface area contributed by atoms with Crippen molar-refractivity contribution in [3.63, 3.8) is 0 Å². The lowest BCUT2D eigenvalue weighted by atomic mass is 9.96. The molecule has 0 radical (unpaired) electrons. The highest BCUT2D eigenvalue weighted by Gasteiger charge is 2.26. The van der Waals surface area contributed by atoms with Gasteiger partial charge in [-0.25, -0.2) is 9.37 Å². The second-order valence-electron chi connectivity index (χ2n) is 7.09. The van der Waals surface area contributed by atoms with E-state index in [1.165, 1.54) is 12.1 Å². The van der Waals surface area contributed by atoms with Gasteiger partial charge >= 0.3 is 0 Å². The first-order chi connectivity index (χ1) is 12.7. The smallest absolute Gasteiger partial charge is 0.248 e. The molecule has 2 aliphatic heterocycles. The lowest BCUT2D eigenvalue weighted by Crippen LogP contribution is -2.40. The van der Waals surface area contributed by atoms with E-state index in [1.54, 1.807) is 6.07 Å². The molecule has 7 heteroatoms. The van der Waals surface area contributed by atoms with Gasteiger partial charge in [0.15, 0.2) is 0 Å². The van der Waals surface area contributed by atoms with Crippen LogP contribution in [0.3, 0.4) is 0 Å². The molecule has 1 N–H and O–H groups in total. The highest BCUT2D eigenvalue weighted by molar-refractivity contribution is 5.77. The Hall–Kier alpha value is -1.99. The SMILES string of the molecule is O=C(COC[C@@H]1CCCO1)N1CCC(c2nc3ccc(F)cc3[nH]2)CC1. The van der Waals surface area contributed by atoms with Crippen LogP contribution in [-0.4, -0.2) is 59.8 Å². The fourth-order valence-electron chi connectivity index (χ4n) is 3.74. The number of carbonyl (C=O) groups is 1. The average molecular weight is 361 g/mol. The van der Waals surface area contributed by atoms with E-state index in [0.717, 1.165) is 49.1 Å². The highest BCUT2D eigenvalue weighted by Crippen LogP contribution is 2.28. The summed E-state index contributed by atoms with van der Waals surface area (Å²) in [6.07, 6.45) is 3.93. The van der Waals surface area contributed by atoms with Gasteiger partial charge in [-0.15, -0.1) is 0 Å². The number of imidazole rings is 1. The third-order valence-electron chi connectivity index (χ3n) is 5.25. The Labute approximate surface area is 151 Å². The number of likely N-dealkylation sites (tertiary alicyclic amines) is 1. The number of aromatic nitrogens is 2. The molecule has 1 aromatic heterocycles. The summed E-state index contributed by atoms with van der Waals surface area (Å²) in [6, 6.07) is 4.58. The molecular weight excluding hydrogens is 337 g/mol. The predicted octanol–water partition coefficient (Wildman–Crippen LogP) is 2.60. The van der Waals surface area contributed by atoms with Crippen molar-refractivity contribution in [1.82, 2.24) is 14.9 Å². The van der Waals surface area contributed by atoms with Crippen molar-refractivity contribution in [2.75, 3.05) is 32.9 Å². The van der Waals surface area contributed by atoms with E-state index >= 15 is 0 Å². The molecule has 0 unspecified atom stereocenters. The molecule has 26 heavy (non-hydrogen) atoms. The van der Waals surface area contributed by atoms with Crippen molar-refractivity contribution >= 4 is 16.9 Å². The van der Waals surface area contributed by atoms with Gasteiger partial charge in [-0.2, -0.15) is 0 Å². The zero-order valence-corrected chi connectivity index (χ0v) is 14.7. The Kier molecular flexibility index (Phi) is 5.17. The van der Waals surface area contributed by atoms with Gasteiger partial charge in [-0.05, 0) is 43.9 Å². The normalized spacial score (nSPS) is 21.6. The van der Waals surface area contributed by atoms with Crippen molar-refractivity contribution in [1.29, 1.82) is 0 Å². The van der Waals surface area contributed by atoms with E-state index in [9.17, 15) is 9.18 Å². The van der Waals surface area contributed by atoms with Crippen LogP contribution in [0, 0.1) is 5.82 Å². The second-order valence-corrected chi connectivity index (χ2v) is 7.09. The Bertz CT molecular complexity index is 764. The molecule has 0 saturated carbocycles. The number of nitrogens with one attached hydrogen (secondary N) is 1. The number of hydrogen-bond acceptors (Lipinski definition) is 4. The molecule has 1 aromatic carbocycles. The quantitative estimate of drug-likeness (QED) is 0.889. The lowest BCUT2D eigenvalue weighted by Gasteiger charge is -2.31. The number of piperidine rings is 1. The molecule has 2 aromatic rings. The van der Waals surface area contributed by atoms with Crippen LogP contribution < -0.4 is 0 Å². The van der Waals surface area contributed by atoms with Gasteiger partial charge in [-0.3, -0.25) is 4.79 Å². The molecule has 1 atom stereocenters. The number of H-pyrrole nitrogens is 1. The second kappa shape index (κ2) is 7.72. The van der Waals surface area contributed by atoms with Gasteiger partial charge in [0.2, 0.25) is 5.91 Å². The van der Waals surface area contributed by atoms with Gasteiger partial charge in [0.05, 0.1) is 23.7 Å². The Morgan fingerprint density at radius 1 is 1.35 bits per heavy atom. The van der Waals surface area contributed by atoms with Crippen LogP contribution in [0.5, 0.6) is 0 Å². The first kappa shape index (κ1) is 17.4. The summed E-state index contributed by atoms with van der Waals surface area (Å²) in [7, 11) is 0. The Morgan fingerprint density at radius 2 is 2.19 bits per heavy atom. The number of ether oxygens (including phenoxy) is 2. The molecule has 6 nitrogen and oxygen atoms in total. The van der Waals surface area contributed by atoms with Crippen LogP contribution in [0.25, 0.3) is 11.0 Å². The Balaban J connectivity index is 1.26. The topological polar surface area (TPSA) is 67.5 Å². The molecule has 4 rings (SSSR count). The van der Waals surface area contributed by atoms with E-state index in [-0.39, 0.29) is 30.4 Å². The maximum absolute atomic E-state index is 13.3. The maximum Gasteiger partial charge on any atom is 0.248 e. The van der Waals surface area contributed by atoms with Crippen molar-refractivity contribution in [3.05, 3.63) is 29.8 Å². The largest absolute Gasteiger partial charge is 0.376 e. The summed E-state index contributed by atoms with van der Waals surface area (Å²) in [6.45, 7) is 2.80. The number of halogens is 1. The average Bonchev–Trinajstić information content (AvgIpc) is 3.31. The zero-order chi connectivity index (χ0) is 17.9. The summed E-state index contributed by atoms with van der Waals surface area (Å²) >= 11 is 0. The van der Waals surface area contributed by atoms with E-state index in [0.29, 0.717) is 19.7 Å². The number of benzene rings is 1. The molecule has 2 saturated heterocycles. The number of amides is 1. The molecule has 140 valence electrons. The number of aromatic amines is 1. The first-order valence-corrected chi connectivity index (χ1v) is 9.31. The van der Waals surface area contributed by atoms with Gasteiger partial charge < -0.3 is 19.4 Å². The van der Waals surface area contributed by atoms with Crippen molar-refractivity contribution in [2.45, 2.75) is 37.7 Å². The minimum atomic E-state index is -0.267. The molecule has 0 spiro atoms. The van der Waals surface area contributed by atoms with Crippen LogP contribution >= 0.6 is 0 Å². The molecule has 0 bridgehead atoms. The summed E-state index contributed by atoms with van der Waals surface area (Å²) in [5, 5.41) is 0. The maximum atomic E-state index is 13.3. The summed E-state index contributed by atoms with van der Waals surface area (Å²) in [4.78, 5) is 21.9. The molecule has 2 fully saturated rings. The number of nitrogens with zero attached hydrogens (tertiary/aromatic N) is 2. The molecule has 1 amide bonds. The van der Waals surface area contributed by atoms with Gasteiger partial charge in [0, 0.05) is 25.6 Å². The molecule has 0 aliphatic carbocycles. The third kappa shape index (κ3) is 3.88. The van der Waals surface area contributed by atoms with Crippen molar-refractivity contribution < 1.29 is 18.7 Å². The number of rotatable bonds is 5. The predicted molar refractivity (Wildman–Crippen MR) is 94.4 cm³/mol. The highest BCUT2D eigenvalue weighted by atomic mass is 19.1. The number of hydrogen-bond donors (Lipinski definition) is 1.